The minimum absolute atomic E-state index is 0. The highest BCUT2D eigenvalue weighted by Gasteiger charge is 2.36. The fourth-order valence-electron chi connectivity index (χ4n) is 4.19. The van der Waals surface area contributed by atoms with Crippen LogP contribution in [-0.2, 0) is 0 Å². The van der Waals surface area contributed by atoms with Crippen LogP contribution >= 0.6 is 35.7 Å². The topological polar surface area (TPSA) is 59.9 Å². The summed E-state index contributed by atoms with van der Waals surface area (Å²) < 4.78 is 0. The molecule has 0 saturated carbocycles. The lowest BCUT2D eigenvalue weighted by Crippen LogP contribution is -2.56. The number of hydrogen-bond acceptors (Lipinski definition) is 4. The lowest BCUT2D eigenvalue weighted by molar-refractivity contribution is 0.0524. The number of nitrogens with zero attached hydrogens (tertiary/aromatic N) is 2. The molecule has 140 valence electrons. The maximum atomic E-state index is 10.5. The van der Waals surface area contributed by atoms with E-state index in [0.29, 0.717) is 12.6 Å². The summed E-state index contributed by atoms with van der Waals surface area (Å²) in [7, 11) is 2.29. The number of halogens is 1. The SMILES string of the molecule is CCNC(=NCC1(O)CCSC1)NC1CC2CCCC(C1)N2C.I. The Labute approximate surface area is 167 Å². The minimum atomic E-state index is -0.601. The van der Waals surface area contributed by atoms with Gasteiger partial charge < -0.3 is 20.6 Å². The molecule has 0 aliphatic carbocycles. The largest absolute Gasteiger partial charge is 0.387 e. The van der Waals surface area contributed by atoms with Gasteiger partial charge in [0.05, 0.1) is 12.1 Å². The number of nitrogens with one attached hydrogen (secondary N) is 2. The number of guanidine groups is 1. The van der Waals surface area contributed by atoms with Gasteiger partial charge in [-0.2, -0.15) is 11.8 Å². The fourth-order valence-corrected chi connectivity index (χ4v) is 5.48. The Morgan fingerprint density at radius 1 is 1.33 bits per heavy atom. The zero-order valence-electron chi connectivity index (χ0n) is 15.0. The fraction of sp³-hybridized carbons (Fsp3) is 0.941. The third kappa shape index (κ3) is 5.14. The van der Waals surface area contributed by atoms with Gasteiger partial charge in [0.2, 0.25) is 0 Å². The van der Waals surface area contributed by atoms with Gasteiger partial charge in [0.15, 0.2) is 5.96 Å². The van der Waals surface area contributed by atoms with Gasteiger partial charge in [-0.05, 0) is 51.8 Å². The number of aliphatic hydroxyl groups is 1. The number of fused-ring (bicyclic) bond motifs is 2. The highest BCUT2D eigenvalue weighted by Crippen LogP contribution is 2.32. The summed E-state index contributed by atoms with van der Waals surface area (Å²) in [5, 5.41) is 17.5. The summed E-state index contributed by atoms with van der Waals surface area (Å²) in [5.41, 5.74) is -0.601. The average molecular weight is 468 g/mol. The Morgan fingerprint density at radius 2 is 2.04 bits per heavy atom. The van der Waals surface area contributed by atoms with Crippen LogP contribution in [0.25, 0.3) is 0 Å². The van der Waals surface area contributed by atoms with Crippen LogP contribution < -0.4 is 10.6 Å². The first-order valence-electron chi connectivity index (χ1n) is 9.16. The van der Waals surface area contributed by atoms with E-state index in [9.17, 15) is 5.11 Å². The summed E-state index contributed by atoms with van der Waals surface area (Å²) in [4.78, 5) is 7.28. The van der Waals surface area contributed by atoms with E-state index in [2.05, 4.69) is 29.5 Å². The second-order valence-electron chi connectivity index (χ2n) is 7.44. The van der Waals surface area contributed by atoms with Gasteiger partial charge >= 0.3 is 0 Å². The highest BCUT2D eigenvalue weighted by atomic mass is 127. The summed E-state index contributed by atoms with van der Waals surface area (Å²) in [6.45, 7) is 3.47. The average Bonchev–Trinajstić information content (AvgIpc) is 2.93. The van der Waals surface area contributed by atoms with E-state index in [4.69, 9.17) is 4.99 Å². The monoisotopic (exact) mass is 468 g/mol. The zero-order valence-corrected chi connectivity index (χ0v) is 18.1. The number of rotatable bonds is 4. The first-order chi connectivity index (χ1) is 11.1. The third-order valence-corrected chi connectivity index (χ3v) is 6.87. The molecule has 0 spiro atoms. The minimum Gasteiger partial charge on any atom is -0.387 e. The molecular formula is C17H33IN4OS. The molecule has 3 fully saturated rings. The Hall–Kier alpha value is 0.270. The van der Waals surface area contributed by atoms with Crippen molar-refractivity contribution in [2.24, 2.45) is 4.99 Å². The van der Waals surface area contributed by atoms with Gasteiger partial charge in [-0.25, -0.2) is 0 Å². The van der Waals surface area contributed by atoms with E-state index in [1.54, 1.807) is 0 Å². The number of aliphatic imine (C=N–C) groups is 1. The molecule has 2 bridgehead atoms. The normalized spacial score (nSPS) is 37.0. The summed E-state index contributed by atoms with van der Waals surface area (Å²) in [6, 6.07) is 1.95. The molecule has 24 heavy (non-hydrogen) atoms. The molecule has 3 N–H and O–H groups in total. The lowest BCUT2D eigenvalue weighted by atomic mass is 9.82. The molecule has 0 amide bonds. The Bertz CT molecular complexity index is 417. The van der Waals surface area contributed by atoms with Crippen molar-refractivity contribution >= 4 is 41.7 Å². The van der Waals surface area contributed by atoms with E-state index in [1.165, 1.54) is 32.1 Å². The van der Waals surface area contributed by atoms with Gasteiger partial charge in [-0.3, -0.25) is 4.99 Å². The molecule has 5 nitrogen and oxygen atoms in total. The van der Waals surface area contributed by atoms with Crippen molar-refractivity contribution in [1.29, 1.82) is 0 Å². The first-order valence-corrected chi connectivity index (χ1v) is 10.3. The van der Waals surface area contributed by atoms with Gasteiger partial charge in [0.1, 0.15) is 0 Å². The van der Waals surface area contributed by atoms with Crippen molar-refractivity contribution in [2.45, 2.75) is 69.2 Å². The molecule has 0 aromatic heterocycles. The number of piperidine rings is 2. The smallest absolute Gasteiger partial charge is 0.191 e. The summed E-state index contributed by atoms with van der Waals surface area (Å²) >= 11 is 1.83. The first kappa shape index (κ1) is 20.6. The highest BCUT2D eigenvalue weighted by molar-refractivity contribution is 14.0. The van der Waals surface area contributed by atoms with E-state index < -0.39 is 5.60 Å². The van der Waals surface area contributed by atoms with Crippen LogP contribution in [0.3, 0.4) is 0 Å². The standard InChI is InChI=1S/C17H32N4OS.HI/c1-3-18-16(19-11-17(22)7-8-23-12-17)20-13-9-14-5-4-6-15(10-13)21(14)2;/h13-15,22H,3-12H2,1-2H3,(H2,18,19,20);1H. The molecule has 0 aromatic carbocycles. The molecule has 3 heterocycles. The van der Waals surface area contributed by atoms with Crippen LogP contribution in [0, 0.1) is 0 Å². The second kappa shape index (κ2) is 9.28. The number of hydrogen-bond donors (Lipinski definition) is 3. The van der Waals surface area contributed by atoms with Crippen LogP contribution in [-0.4, -0.2) is 71.3 Å². The zero-order chi connectivity index (χ0) is 16.3. The molecule has 0 radical (unpaired) electrons. The lowest BCUT2D eigenvalue weighted by Gasteiger charge is -2.47. The van der Waals surface area contributed by atoms with Gasteiger partial charge in [0, 0.05) is 30.4 Å². The molecule has 0 aromatic rings. The van der Waals surface area contributed by atoms with E-state index >= 15 is 0 Å². The van der Waals surface area contributed by atoms with Crippen LogP contribution in [0.1, 0.15) is 45.4 Å². The molecule has 3 unspecified atom stereocenters. The quantitative estimate of drug-likeness (QED) is 0.335. The van der Waals surface area contributed by atoms with Gasteiger partial charge in [-0.15, -0.1) is 24.0 Å². The number of thioether (sulfide) groups is 1. The molecular weight excluding hydrogens is 435 g/mol. The molecule has 3 atom stereocenters. The molecule has 3 rings (SSSR count). The summed E-state index contributed by atoms with van der Waals surface area (Å²) in [6.07, 6.45) is 7.31. The Kier molecular flexibility index (Phi) is 7.96. The molecule has 3 saturated heterocycles. The van der Waals surface area contributed by atoms with E-state index in [-0.39, 0.29) is 24.0 Å². The van der Waals surface area contributed by atoms with Crippen molar-refractivity contribution in [1.82, 2.24) is 15.5 Å². The maximum absolute atomic E-state index is 10.5. The van der Waals surface area contributed by atoms with Crippen molar-refractivity contribution in [3.05, 3.63) is 0 Å². The van der Waals surface area contributed by atoms with Crippen LogP contribution in [0.4, 0.5) is 0 Å². The van der Waals surface area contributed by atoms with E-state index in [1.807, 2.05) is 11.8 Å². The molecule has 3 aliphatic heterocycles. The van der Waals surface area contributed by atoms with Crippen LogP contribution in [0.2, 0.25) is 0 Å². The van der Waals surface area contributed by atoms with Crippen LogP contribution in [0.5, 0.6) is 0 Å². The Balaban J connectivity index is 0.00000208. The van der Waals surface area contributed by atoms with Gasteiger partial charge in [0.25, 0.3) is 0 Å². The molecule has 3 aliphatic rings. The van der Waals surface area contributed by atoms with Gasteiger partial charge in [-0.1, -0.05) is 6.42 Å². The predicted octanol–water partition coefficient (Wildman–Crippen LogP) is 2.04. The van der Waals surface area contributed by atoms with Crippen molar-refractivity contribution < 1.29 is 5.11 Å². The predicted molar refractivity (Wildman–Crippen MR) is 114 cm³/mol. The summed E-state index contributed by atoms with van der Waals surface area (Å²) in [5.74, 6) is 2.74. The third-order valence-electron chi connectivity index (χ3n) is 5.64. The van der Waals surface area contributed by atoms with Crippen molar-refractivity contribution in [3.8, 4) is 0 Å². The Morgan fingerprint density at radius 3 is 2.62 bits per heavy atom. The maximum Gasteiger partial charge on any atom is 0.191 e. The molecule has 7 heteroatoms. The second-order valence-corrected chi connectivity index (χ2v) is 8.54. The van der Waals surface area contributed by atoms with E-state index in [0.717, 1.165) is 42.5 Å². The van der Waals surface area contributed by atoms with Crippen molar-refractivity contribution in [2.75, 3.05) is 31.6 Å². The van der Waals surface area contributed by atoms with Crippen molar-refractivity contribution in [3.63, 3.8) is 0 Å². The van der Waals surface area contributed by atoms with Crippen LogP contribution in [0.15, 0.2) is 4.99 Å².